The Hall–Kier alpha value is -10.2. The molecule has 2 amide bonds. The first-order chi connectivity index (χ1) is 42.2. The predicted octanol–water partition coefficient (Wildman–Crippen LogP) is 13.1. The van der Waals surface area contributed by atoms with E-state index in [1.807, 2.05) is 132 Å². The van der Waals surface area contributed by atoms with Gasteiger partial charge in [0, 0.05) is 29.0 Å². The Morgan fingerprint density at radius 1 is 0.528 bits per heavy atom. The molecule has 89 heavy (non-hydrogen) atoms. The van der Waals surface area contributed by atoms with Gasteiger partial charge in [-0.05, 0) is 140 Å². The largest absolute Gasteiger partial charge is 0.504 e. The number of nitrogen functional groups attached to an aromatic ring is 2. The maximum absolute atomic E-state index is 14.6. The number of benzene rings is 5. The van der Waals surface area contributed by atoms with Crippen molar-refractivity contribution in [2.24, 2.45) is 11.8 Å². The van der Waals surface area contributed by atoms with E-state index in [1.54, 1.807) is 12.1 Å². The van der Waals surface area contributed by atoms with Crippen LogP contribution in [0.3, 0.4) is 0 Å². The molecule has 0 unspecified atom stereocenters. The first-order valence-electron chi connectivity index (χ1n) is 27.6. The Morgan fingerprint density at radius 3 is 1.37 bits per heavy atom. The highest BCUT2D eigenvalue weighted by Crippen LogP contribution is 2.36. The normalized spacial score (nSPS) is 11.3. The topological polar surface area (TPSA) is 296 Å². The Labute approximate surface area is 520 Å². The number of rotatable bonds is 21. The first kappa shape index (κ1) is 64.8. The Balaban J connectivity index is 0.000000384. The molecule has 4 heterocycles. The highest BCUT2D eigenvalue weighted by atomic mass is 32.2. The maximum Gasteiger partial charge on any atom is 0.281 e. The molecule has 9 aromatic rings. The van der Waals surface area contributed by atoms with Crippen molar-refractivity contribution in [1.29, 1.82) is 0 Å². The van der Waals surface area contributed by atoms with E-state index >= 15 is 0 Å². The number of aryl methyl sites for hydroxylation is 4. The van der Waals surface area contributed by atoms with Crippen molar-refractivity contribution < 1.29 is 69.7 Å². The molecular weight excluding hydrogens is 1190 g/mol. The fourth-order valence-electron chi connectivity index (χ4n) is 8.44. The van der Waals surface area contributed by atoms with E-state index < -0.39 is 65.1 Å². The average Bonchev–Trinajstić information content (AvgIpc) is 0.884. The molecule has 0 spiro atoms. The third-order valence-corrected chi connectivity index (χ3v) is 15.4. The van der Waals surface area contributed by atoms with Crippen LogP contribution in [-0.2, 0) is 26.7 Å². The fourth-order valence-corrected chi connectivity index (χ4v) is 10.3. The number of nitrogens with one attached hydrogen (secondary N) is 2. The summed E-state index contributed by atoms with van der Waals surface area (Å²) in [6.07, 6.45) is 0. The van der Waals surface area contributed by atoms with Crippen LogP contribution in [0, 0.1) is 51.2 Å². The Bertz CT molecular complexity index is 4310. The number of hydrogen-bond donors (Lipinski definition) is 5. The minimum atomic E-state index is -4.50. The van der Waals surface area contributed by atoms with Gasteiger partial charge in [0.15, 0.2) is 33.2 Å². The molecule has 7 N–H and O–H groups in total. The van der Waals surface area contributed by atoms with Crippen LogP contribution in [-0.4, -0.2) is 66.9 Å². The summed E-state index contributed by atoms with van der Waals surface area (Å²) in [4.78, 5) is 43.4. The number of pyridine rings is 4. The van der Waals surface area contributed by atoms with Crippen molar-refractivity contribution in [3.63, 3.8) is 0 Å². The number of anilines is 2. The Kier molecular flexibility index (Phi) is 20.5. The van der Waals surface area contributed by atoms with Crippen LogP contribution in [0.15, 0.2) is 162 Å². The number of carbonyl (C=O) groups excluding carboxylic acids is 2. The molecule has 9 rings (SSSR count). The smallest absolute Gasteiger partial charge is 0.281 e. The number of nitrogens with zero attached hydrogens (tertiary/aromatic N) is 4. The van der Waals surface area contributed by atoms with E-state index in [-0.39, 0.29) is 70.0 Å². The summed E-state index contributed by atoms with van der Waals surface area (Å²) in [5.41, 5.74) is 16.3. The summed E-state index contributed by atoms with van der Waals surface area (Å²) in [5.74, 6) is -2.47. The lowest BCUT2D eigenvalue weighted by atomic mass is 10.1. The average molecular weight is 1260 g/mol. The van der Waals surface area contributed by atoms with Crippen LogP contribution in [0.5, 0.6) is 46.3 Å². The predicted molar refractivity (Wildman–Crippen MR) is 339 cm³/mol. The number of amides is 2. The van der Waals surface area contributed by atoms with Crippen molar-refractivity contribution in [2.75, 3.05) is 24.7 Å². The third-order valence-electron chi connectivity index (χ3n) is 12.9. The van der Waals surface area contributed by atoms with E-state index in [0.717, 1.165) is 39.9 Å². The molecule has 0 aliphatic rings. The van der Waals surface area contributed by atoms with Crippen molar-refractivity contribution in [2.45, 2.75) is 72.0 Å². The third kappa shape index (κ3) is 16.9. The molecule has 0 radical (unpaired) electrons. The lowest BCUT2D eigenvalue weighted by molar-refractivity contribution is 0.0969. The number of para-hydroxylation sites is 2. The minimum absolute atomic E-state index is 0. The van der Waals surface area contributed by atoms with Crippen LogP contribution in [0.2, 0.25) is 0 Å². The van der Waals surface area contributed by atoms with E-state index in [9.17, 15) is 40.3 Å². The van der Waals surface area contributed by atoms with E-state index in [0.29, 0.717) is 47.3 Å². The minimum Gasteiger partial charge on any atom is -0.504 e. The number of sulfonamides is 2. The second kappa shape index (κ2) is 28.1. The molecule has 0 bridgehead atoms. The second-order valence-corrected chi connectivity index (χ2v) is 24.5. The molecule has 470 valence electrons. The molecule has 0 saturated heterocycles. The molecular formula is C65H72F2N8O12S2. The quantitative estimate of drug-likeness (QED) is 0.0446. The van der Waals surface area contributed by atoms with Crippen LogP contribution in [0.25, 0.3) is 22.5 Å². The molecule has 0 saturated carbocycles. The summed E-state index contributed by atoms with van der Waals surface area (Å²) in [5, 5.41) is 8.51. The van der Waals surface area contributed by atoms with Gasteiger partial charge in [-0.3, -0.25) is 9.59 Å². The van der Waals surface area contributed by atoms with E-state index in [2.05, 4.69) is 19.9 Å². The summed E-state index contributed by atoms with van der Waals surface area (Å²) in [7, 11) is -8.99. The monoisotopic (exact) mass is 1260 g/mol. The van der Waals surface area contributed by atoms with Gasteiger partial charge in [-0.1, -0.05) is 94.4 Å². The molecule has 20 nitrogen and oxygen atoms in total. The molecule has 5 aromatic carbocycles. The zero-order valence-corrected chi connectivity index (χ0v) is 51.3. The van der Waals surface area contributed by atoms with Gasteiger partial charge in [0.05, 0.1) is 24.6 Å². The van der Waals surface area contributed by atoms with Gasteiger partial charge in [-0.2, -0.15) is 16.8 Å². The van der Waals surface area contributed by atoms with Crippen molar-refractivity contribution in [3.05, 3.63) is 202 Å². The fraction of sp³-hybridized carbons (Fsp3) is 0.200. The van der Waals surface area contributed by atoms with Crippen LogP contribution in [0.4, 0.5) is 20.4 Å². The van der Waals surface area contributed by atoms with Crippen LogP contribution < -0.4 is 44.6 Å². The summed E-state index contributed by atoms with van der Waals surface area (Å²) >= 11 is 0. The molecule has 0 atom stereocenters. The molecule has 24 heteroatoms. The number of halogens is 2. The van der Waals surface area contributed by atoms with Crippen LogP contribution >= 0.6 is 0 Å². The van der Waals surface area contributed by atoms with Gasteiger partial charge < -0.3 is 40.3 Å². The SMILES string of the molecule is Cc1cccc(C)c1Oc1nc(-c2cc(F)cc(OCC(C)C)c2)ccc1C(=O)NS(=O)(=O)c1ccc(O)c(N)n1.Cc1cccc(C)c1Oc1nc(-c2cc(F)cc(OCC(C)C)c2)ccc1C(=O)NS(=O)(=O)c1ccc(OCc2ccccc2)c(N)n1.[HH].[HH].[HH].[HH]. The molecule has 4 aromatic heterocycles. The zero-order chi connectivity index (χ0) is 64.3. The van der Waals surface area contributed by atoms with E-state index in [4.69, 9.17) is 35.2 Å². The number of aromatic nitrogens is 4. The lowest BCUT2D eigenvalue weighted by Crippen LogP contribution is -2.31. The summed E-state index contributed by atoms with van der Waals surface area (Å²) in [6.45, 7) is 16.1. The molecule has 0 fully saturated rings. The number of hydrogen-bond acceptors (Lipinski definition) is 18. The second-order valence-electron chi connectivity index (χ2n) is 21.2. The maximum atomic E-state index is 14.6. The number of ether oxygens (including phenoxy) is 5. The van der Waals surface area contributed by atoms with Crippen molar-refractivity contribution >= 4 is 43.5 Å². The summed E-state index contributed by atoms with van der Waals surface area (Å²) < 4.78 is 115. The highest BCUT2D eigenvalue weighted by Gasteiger charge is 2.28. The van der Waals surface area contributed by atoms with Gasteiger partial charge >= 0.3 is 0 Å². The van der Waals surface area contributed by atoms with E-state index in [1.165, 1.54) is 60.7 Å². The Morgan fingerprint density at radius 2 is 0.955 bits per heavy atom. The van der Waals surface area contributed by atoms with Gasteiger partial charge in [-0.25, -0.2) is 38.2 Å². The van der Waals surface area contributed by atoms with Crippen LogP contribution in [0.1, 0.15) is 81.9 Å². The van der Waals surface area contributed by atoms with Crippen molar-refractivity contribution in [1.82, 2.24) is 29.4 Å². The summed E-state index contributed by atoms with van der Waals surface area (Å²) in [6, 6.07) is 38.8. The first-order valence-corrected chi connectivity index (χ1v) is 30.6. The van der Waals surface area contributed by atoms with Gasteiger partial charge in [-0.15, -0.1) is 0 Å². The van der Waals surface area contributed by atoms with Gasteiger partial charge in [0.1, 0.15) is 52.4 Å². The zero-order valence-electron chi connectivity index (χ0n) is 49.7. The van der Waals surface area contributed by atoms with Gasteiger partial charge in [0.2, 0.25) is 11.8 Å². The highest BCUT2D eigenvalue weighted by molar-refractivity contribution is 7.90. The lowest BCUT2D eigenvalue weighted by Gasteiger charge is -2.16. The van der Waals surface area contributed by atoms with Crippen molar-refractivity contribution in [3.8, 4) is 68.8 Å². The van der Waals surface area contributed by atoms with Gasteiger partial charge in [0.25, 0.3) is 31.9 Å². The number of carbonyl (C=O) groups is 2. The molecule has 0 aliphatic carbocycles. The number of aromatic hydroxyl groups is 1. The molecule has 0 aliphatic heterocycles. The standard InChI is InChI=1S/C36H35FN4O6S.C29H29FN4O6S.4H2/c1-22(2)20-45-28-18-26(17-27(37)19-28)30-14-13-29(36(39-30)47-33-23(3)9-8-10-24(33)4)35(42)41-48(43,44)32-16-15-31(34(38)40-32)46-21-25-11-6-5-7-12-25;1-16(2)15-39-21-13-19(12-20(30)14-21)23-9-8-22(29(32-23)40-26-17(3)6-5-7-18(26)4)28(36)34-41(37,38)25-11-10-24(35)27(31)33-25;;;;/h5-19,22H,20-21H2,1-4H3,(H2,38,40)(H,41,42);5-14,16,35H,15H2,1-4H3,(H2,31,33)(H,34,36);4*1H. The number of nitrogens with two attached hydrogens (primary N) is 2.